The van der Waals surface area contributed by atoms with Crippen LogP contribution in [0.25, 0.3) is 5.57 Å². The van der Waals surface area contributed by atoms with Crippen molar-refractivity contribution < 1.29 is 23.9 Å². The number of carbonyl (C=O) groups excluding carboxylic acids is 3. The van der Waals surface area contributed by atoms with Gasteiger partial charge in [-0.2, -0.15) is 0 Å². The zero-order valence-corrected chi connectivity index (χ0v) is 24.0. The van der Waals surface area contributed by atoms with E-state index in [2.05, 4.69) is 5.32 Å². The van der Waals surface area contributed by atoms with Crippen LogP contribution in [0.4, 0.5) is 11.4 Å². The van der Waals surface area contributed by atoms with Gasteiger partial charge in [-0.25, -0.2) is 0 Å². The molecule has 3 aromatic rings. The summed E-state index contributed by atoms with van der Waals surface area (Å²) >= 11 is 12.7. The number of hydrogen-bond acceptors (Lipinski definition) is 7. The van der Waals surface area contributed by atoms with Gasteiger partial charge in [0, 0.05) is 22.8 Å². The van der Waals surface area contributed by atoms with Gasteiger partial charge in [0.25, 0.3) is 11.8 Å². The standard InChI is InChI=1S/C29H24ClN3O5S2/c1-37-22-11-10-17(14-23(22)38-2)12-13-32-28(36)26(40-29(32)39)25-20-8-3-4-9-21(20)33(27(25)35)16-24(34)31-19-7-5-6-18(30)15-19/h3-11,14-15H,12-13,16H2,1-2H3,(H,31,34)/b26-25-. The molecule has 5 rings (SSSR count). The van der Waals surface area contributed by atoms with Gasteiger partial charge in [0.1, 0.15) is 10.9 Å². The molecule has 2 aliphatic heterocycles. The lowest BCUT2D eigenvalue weighted by atomic mass is 10.1. The summed E-state index contributed by atoms with van der Waals surface area (Å²) in [6.07, 6.45) is 0.524. The summed E-state index contributed by atoms with van der Waals surface area (Å²) in [5, 5.41) is 3.25. The molecule has 1 N–H and O–H groups in total. The molecule has 2 aliphatic rings. The Morgan fingerprint density at radius 3 is 2.48 bits per heavy atom. The largest absolute Gasteiger partial charge is 0.493 e. The fourth-order valence-corrected chi connectivity index (χ4v) is 6.16. The van der Waals surface area contributed by atoms with Crippen molar-refractivity contribution >= 4 is 74.6 Å². The minimum atomic E-state index is -0.428. The number of rotatable bonds is 8. The third-order valence-electron chi connectivity index (χ3n) is 6.48. The van der Waals surface area contributed by atoms with Crippen LogP contribution in [0.1, 0.15) is 11.1 Å². The molecule has 3 amide bonds. The highest BCUT2D eigenvalue weighted by Gasteiger charge is 2.42. The summed E-state index contributed by atoms with van der Waals surface area (Å²) in [7, 11) is 3.14. The molecule has 3 aromatic carbocycles. The second-order valence-electron chi connectivity index (χ2n) is 8.94. The number of nitrogens with one attached hydrogen (secondary N) is 1. The maximum atomic E-state index is 13.7. The fourth-order valence-electron chi connectivity index (χ4n) is 4.59. The highest BCUT2D eigenvalue weighted by molar-refractivity contribution is 8.26. The summed E-state index contributed by atoms with van der Waals surface area (Å²) in [6.45, 7) is 0.101. The van der Waals surface area contributed by atoms with E-state index < -0.39 is 11.8 Å². The predicted octanol–water partition coefficient (Wildman–Crippen LogP) is 5.16. The predicted molar refractivity (Wildman–Crippen MR) is 161 cm³/mol. The van der Waals surface area contributed by atoms with Gasteiger partial charge in [0.05, 0.1) is 30.4 Å². The number of para-hydroxylation sites is 1. The molecule has 0 aromatic heterocycles. The number of fused-ring (bicyclic) bond motifs is 1. The Morgan fingerprint density at radius 2 is 1.73 bits per heavy atom. The number of anilines is 2. The second-order valence-corrected chi connectivity index (χ2v) is 11.0. The molecule has 204 valence electrons. The molecular weight excluding hydrogens is 570 g/mol. The molecule has 0 atom stereocenters. The highest BCUT2D eigenvalue weighted by Crippen LogP contribution is 2.44. The molecular formula is C29H24ClN3O5S2. The van der Waals surface area contributed by atoms with Gasteiger partial charge in [-0.3, -0.25) is 24.2 Å². The van der Waals surface area contributed by atoms with Crippen LogP contribution in [0.5, 0.6) is 11.5 Å². The van der Waals surface area contributed by atoms with Crippen LogP contribution in [-0.2, 0) is 20.8 Å². The van der Waals surface area contributed by atoms with Crippen LogP contribution in [0.15, 0.2) is 71.6 Å². The SMILES string of the molecule is COc1ccc(CCN2C(=O)/C(=C3/C(=O)N(CC(=O)Nc4cccc(Cl)c4)c4ccccc43)SC2=S)cc1OC. The van der Waals surface area contributed by atoms with Gasteiger partial charge in [-0.1, -0.05) is 65.9 Å². The summed E-state index contributed by atoms with van der Waals surface area (Å²) < 4.78 is 11.0. The quantitative estimate of drug-likeness (QED) is 0.285. The number of ether oxygens (including phenoxy) is 2. The van der Waals surface area contributed by atoms with E-state index in [4.69, 9.17) is 33.3 Å². The molecule has 0 aliphatic carbocycles. The van der Waals surface area contributed by atoms with Gasteiger partial charge in [0.15, 0.2) is 11.5 Å². The number of methoxy groups -OCH3 is 2. The van der Waals surface area contributed by atoms with Crippen LogP contribution >= 0.6 is 35.6 Å². The molecule has 1 saturated heterocycles. The first kappa shape index (κ1) is 27.7. The minimum absolute atomic E-state index is 0.231. The van der Waals surface area contributed by atoms with E-state index in [1.165, 1.54) is 9.80 Å². The van der Waals surface area contributed by atoms with Crippen LogP contribution < -0.4 is 19.7 Å². The molecule has 11 heteroatoms. The smallest absolute Gasteiger partial charge is 0.267 e. The van der Waals surface area contributed by atoms with Gasteiger partial charge < -0.3 is 14.8 Å². The van der Waals surface area contributed by atoms with Crippen molar-refractivity contribution in [1.82, 2.24) is 4.90 Å². The summed E-state index contributed by atoms with van der Waals surface area (Å²) in [5.41, 5.74) is 2.85. The Morgan fingerprint density at radius 1 is 0.950 bits per heavy atom. The molecule has 0 saturated carbocycles. The Labute approximate surface area is 245 Å². The normalized spacial score (nSPS) is 16.4. The number of amides is 3. The fraction of sp³-hybridized carbons (Fsp3) is 0.172. The van der Waals surface area contributed by atoms with E-state index in [1.54, 1.807) is 62.8 Å². The molecule has 1 fully saturated rings. The Kier molecular flexibility index (Phi) is 8.11. The molecule has 8 nitrogen and oxygen atoms in total. The van der Waals surface area contributed by atoms with Crippen LogP contribution in [0, 0.1) is 0 Å². The number of carbonyl (C=O) groups is 3. The lowest BCUT2D eigenvalue weighted by Crippen LogP contribution is -2.35. The zero-order chi connectivity index (χ0) is 28.4. The van der Waals surface area contributed by atoms with E-state index in [9.17, 15) is 14.4 Å². The average molecular weight is 594 g/mol. The van der Waals surface area contributed by atoms with Gasteiger partial charge in [-0.05, 0) is 48.4 Å². The average Bonchev–Trinajstić information content (AvgIpc) is 3.38. The van der Waals surface area contributed by atoms with Gasteiger partial charge in [0.2, 0.25) is 5.91 Å². The van der Waals surface area contributed by atoms with Crippen molar-refractivity contribution in [3.8, 4) is 11.5 Å². The maximum absolute atomic E-state index is 13.7. The third-order valence-corrected chi connectivity index (χ3v) is 8.16. The van der Waals surface area contributed by atoms with E-state index in [1.807, 2.05) is 18.2 Å². The Hall–Kier alpha value is -3.86. The molecule has 2 heterocycles. The molecule has 0 unspecified atom stereocenters. The first-order valence-electron chi connectivity index (χ1n) is 12.3. The Bertz CT molecular complexity index is 1570. The lowest BCUT2D eigenvalue weighted by molar-refractivity contribution is -0.122. The topological polar surface area (TPSA) is 88.2 Å². The van der Waals surface area contributed by atoms with Crippen LogP contribution in [0.3, 0.4) is 0 Å². The second kappa shape index (κ2) is 11.7. The number of hydrogen-bond donors (Lipinski definition) is 1. The minimum Gasteiger partial charge on any atom is -0.493 e. The number of benzene rings is 3. The van der Waals surface area contributed by atoms with Crippen LogP contribution in [-0.4, -0.2) is 54.3 Å². The number of thiocarbonyl (C=S) groups is 1. The van der Waals surface area contributed by atoms with Crippen molar-refractivity contribution in [2.24, 2.45) is 0 Å². The summed E-state index contributed by atoms with van der Waals surface area (Å²) in [4.78, 5) is 43.2. The van der Waals surface area contributed by atoms with Crippen LogP contribution in [0.2, 0.25) is 5.02 Å². The van der Waals surface area contributed by atoms with Gasteiger partial charge >= 0.3 is 0 Å². The molecule has 0 bridgehead atoms. The van der Waals surface area contributed by atoms with Gasteiger partial charge in [-0.15, -0.1) is 0 Å². The summed E-state index contributed by atoms with van der Waals surface area (Å²) in [5.74, 6) is 0.0572. The number of thioether (sulfide) groups is 1. The van der Waals surface area contributed by atoms with E-state index in [0.29, 0.717) is 50.7 Å². The van der Waals surface area contributed by atoms with Crippen molar-refractivity contribution in [3.05, 3.63) is 87.8 Å². The van der Waals surface area contributed by atoms with Crippen molar-refractivity contribution in [2.75, 3.05) is 37.5 Å². The number of nitrogens with zero attached hydrogens (tertiary/aromatic N) is 2. The van der Waals surface area contributed by atoms with Crippen molar-refractivity contribution in [2.45, 2.75) is 6.42 Å². The lowest BCUT2D eigenvalue weighted by Gasteiger charge is -2.17. The third kappa shape index (κ3) is 5.42. The molecule has 40 heavy (non-hydrogen) atoms. The van der Waals surface area contributed by atoms with E-state index in [-0.39, 0.29) is 22.9 Å². The first-order valence-corrected chi connectivity index (χ1v) is 13.9. The van der Waals surface area contributed by atoms with Crippen molar-refractivity contribution in [1.29, 1.82) is 0 Å². The highest BCUT2D eigenvalue weighted by atomic mass is 35.5. The van der Waals surface area contributed by atoms with E-state index in [0.717, 1.165) is 17.3 Å². The molecule has 0 radical (unpaired) electrons. The summed E-state index contributed by atoms with van der Waals surface area (Å²) in [6, 6.07) is 19.4. The maximum Gasteiger partial charge on any atom is 0.267 e. The first-order chi connectivity index (χ1) is 19.3. The molecule has 0 spiro atoms. The Balaban J connectivity index is 1.36. The van der Waals surface area contributed by atoms with Crippen molar-refractivity contribution in [3.63, 3.8) is 0 Å². The zero-order valence-electron chi connectivity index (χ0n) is 21.6. The van der Waals surface area contributed by atoms with E-state index >= 15 is 0 Å². The number of halogens is 1. The monoisotopic (exact) mass is 593 g/mol.